The number of anilines is 2. The average Bonchev–Trinajstić information content (AvgIpc) is 2.86. The Balaban J connectivity index is 1.75. The second-order valence-electron chi connectivity index (χ2n) is 5.27. The lowest BCUT2D eigenvalue weighted by molar-refractivity contribution is -0.114. The highest BCUT2D eigenvalue weighted by Crippen LogP contribution is 2.18. The summed E-state index contributed by atoms with van der Waals surface area (Å²) in [6.45, 7) is 3.32. The average molecular weight is 308 g/mol. The second-order valence-corrected chi connectivity index (χ2v) is 5.27. The monoisotopic (exact) mass is 308 g/mol. The summed E-state index contributed by atoms with van der Waals surface area (Å²) >= 11 is 0. The molecule has 116 valence electrons. The molecule has 0 atom stereocenters. The van der Waals surface area contributed by atoms with Crippen LogP contribution in [0.5, 0.6) is 0 Å². The summed E-state index contributed by atoms with van der Waals surface area (Å²) in [4.78, 5) is 30.7. The van der Waals surface area contributed by atoms with Gasteiger partial charge in [0.1, 0.15) is 5.82 Å². The fourth-order valence-corrected chi connectivity index (χ4v) is 2.33. The smallest absolute Gasteiger partial charge is 0.255 e. The standard InChI is InChI=1S/C17H16N4O2/c1-10-18-15-8-7-14(9-16(15)19-10)21-17(23)12-3-5-13(6-4-12)20-11(2)22/h3-9H,1-2H3,(H,18,19)(H,20,22)(H,21,23). The largest absolute Gasteiger partial charge is 0.342 e. The van der Waals surface area contributed by atoms with E-state index in [9.17, 15) is 9.59 Å². The molecule has 0 unspecified atom stereocenters. The van der Waals surface area contributed by atoms with Crippen LogP contribution in [0.15, 0.2) is 42.5 Å². The van der Waals surface area contributed by atoms with Gasteiger partial charge in [0.15, 0.2) is 0 Å². The van der Waals surface area contributed by atoms with Gasteiger partial charge in [-0.2, -0.15) is 0 Å². The van der Waals surface area contributed by atoms with Gasteiger partial charge in [0.05, 0.1) is 11.0 Å². The molecular weight excluding hydrogens is 292 g/mol. The highest BCUT2D eigenvalue weighted by molar-refractivity contribution is 6.05. The predicted molar refractivity (Wildman–Crippen MR) is 89.5 cm³/mol. The topological polar surface area (TPSA) is 86.9 Å². The van der Waals surface area contributed by atoms with Crippen LogP contribution in [0.1, 0.15) is 23.1 Å². The third-order valence-electron chi connectivity index (χ3n) is 3.33. The number of H-pyrrole nitrogens is 1. The minimum Gasteiger partial charge on any atom is -0.342 e. The van der Waals surface area contributed by atoms with Gasteiger partial charge in [-0.1, -0.05) is 0 Å². The van der Waals surface area contributed by atoms with Gasteiger partial charge in [0.2, 0.25) is 5.91 Å². The van der Waals surface area contributed by atoms with E-state index in [0.717, 1.165) is 16.9 Å². The van der Waals surface area contributed by atoms with Crippen molar-refractivity contribution in [2.75, 3.05) is 10.6 Å². The maximum absolute atomic E-state index is 12.3. The highest BCUT2D eigenvalue weighted by Gasteiger charge is 2.08. The van der Waals surface area contributed by atoms with Crippen LogP contribution < -0.4 is 10.6 Å². The van der Waals surface area contributed by atoms with Gasteiger partial charge in [-0.25, -0.2) is 4.98 Å². The van der Waals surface area contributed by atoms with E-state index in [1.165, 1.54) is 6.92 Å². The van der Waals surface area contributed by atoms with Crippen LogP contribution in [-0.4, -0.2) is 21.8 Å². The third kappa shape index (κ3) is 3.37. The lowest BCUT2D eigenvalue weighted by Gasteiger charge is -2.06. The Labute approximate surface area is 132 Å². The van der Waals surface area contributed by atoms with Crippen molar-refractivity contribution in [3.05, 3.63) is 53.9 Å². The second kappa shape index (κ2) is 5.92. The Bertz CT molecular complexity index is 881. The van der Waals surface area contributed by atoms with Gasteiger partial charge in [-0.15, -0.1) is 0 Å². The molecule has 0 bridgehead atoms. The van der Waals surface area contributed by atoms with Gasteiger partial charge in [0.25, 0.3) is 5.91 Å². The number of benzene rings is 2. The van der Waals surface area contributed by atoms with E-state index in [4.69, 9.17) is 0 Å². The molecule has 0 saturated heterocycles. The zero-order valence-corrected chi connectivity index (χ0v) is 12.8. The molecule has 6 nitrogen and oxygen atoms in total. The molecular formula is C17H16N4O2. The van der Waals surface area contributed by atoms with Crippen LogP contribution in [0.2, 0.25) is 0 Å². The first-order valence-electron chi connectivity index (χ1n) is 7.16. The fourth-order valence-electron chi connectivity index (χ4n) is 2.33. The fraction of sp³-hybridized carbons (Fsp3) is 0.118. The molecule has 0 spiro atoms. The predicted octanol–water partition coefficient (Wildman–Crippen LogP) is 3.08. The number of nitrogens with zero attached hydrogens (tertiary/aromatic N) is 1. The van der Waals surface area contributed by atoms with E-state index < -0.39 is 0 Å². The molecule has 1 aromatic heterocycles. The molecule has 0 aliphatic heterocycles. The molecule has 0 radical (unpaired) electrons. The van der Waals surface area contributed by atoms with E-state index >= 15 is 0 Å². The van der Waals surface area contributed by atoms with Crippen molar-refractivity contribution in [3.8, 4) is 0 Å². The number of imidazole rings is 1. The maximum Gasteiger partial charge on any atom is 0.255 e. The zero-order chi connectivity index (χ0) is 16.4. The number of fused-ring (bicyclic) bond motifs is 1. The number of amides is 2. The Hall–Kier alpha value is -3.15. The summed E-state index contributed by atoms with van der Waals surface area (Å²) in [5.74, 6) is 0.470. The molecule has 3 aromatic rings. The summed E-state index contributed by atoms with van der Waals surface area (Å²) in [6.07, 6.45) is 0. The zero-order valence-electron chi connectivity index (χ0n) is 12.8. The molecule has 3 N–H and O–H groups in total. The number of hydrogen-bond donors (Lipinski definition) is 3. The van der Waals surface area contributed by atoms with Crippen LogP contribution in [0.4, 0.5) is 11.4 Å². The minimum atomic E-state index is -0.213. The van der Waals surface area contributed by atoms with E-state index in [0.29, 0.717) is 16.9 Å². The van der Waals surface area contributed by atoms with Crippen LogP contribution in [-0.2, 0) is 4.79 Å². The van der Waals surface area contributed by atoms with Crippen molar-refractivity contribution in [2.45, 2.75) is 13.8 Å². The van der Waals surface area contributed by atoms with Gasteiger partial charge >= 0.3 is 0 Å². The number of aromatic amines is 1. The molecule has 0 aliphatic rings. The number of aromatic nitrogens is 2. The first-order valence-corrected chi connectivity index (χ1v) is 7.16. The Morgan fingerprint density at radius 2 is 1.70 bits per heavy atom. The van der Waals surface area contributed by atoms with E-state index in [2.05, 4.69) is 20.6 Å². The maximum atomic E-state index is 12.3. The molecule has 0 fully saturated rings. The van der Waals surface area contributed by atoms with Gasteiger partial charge < -0.3 is 15.6 Å². The van der Waals surface area contributed by atoms with Crippen molar-refractivity contribution in [1.82, 2.24) is 9.97 Å². The molecule has 23 heavy (non-hydrogen) atoms. The van der Waals surface area contributed by atoms with Crippen molar-refractivity contribution >= 4 is 34.2 Å². The van der Waals surface area contributed by atoms with Gasteiger partial charge in [-0.05, 0) is 49.4 Å². The first kappa shape index (κ1) is 14.8. The molecule has 2 amide bonds. The molecule has 6 heteroatoms. The number of carbonyl (C=O) groups excluding carboxylic acids is 2. The summed E-state index contributed by atoms with van der Waals surface area (Å²) in [7, 11) is 0. The van der Waals surface area contributed by atoms with E-state index in [1.807, 2.05) is 25.1 Å². The number of hydrogen-bond acceptors (Lipinski definition) is 3. The lowest BCUT2D eigenvalue weighted by atomic mass is 10.2. The Morgan fingerprint density at radius 1 is 1.00 bits per heavy atom. The summed E-state index contributed by atoms with van der Waals surface area (Å²) in [5.41, 5.74) is 3.60. The van der Waals surface area contributed by atoms with Crippen LogP contribution in [0.3, 0.4) is 0 Å². The Kier molecular flexibility index (Phi) is 3.80. The van der Waals surface area contributed by atoms with Crippen LogP contribution >= 0.6 is 0 Å². The number of carbonyl (C=O) groups is 2. The molecule has 0 aliphatic carbocycles. The minimum absolute atomic E-state index is 0.148. The molecule has 2 aromatic carbocycles. The van der Waals surface area contributed by atoms with Crippen LogP contribution in [0.25, 0.3) is 11.0 Å². The number of aryl methyl sites for hydroxylation is 1. The summed E-state index contributed by atoms with van der Waals surface area (Å²) in [5, 5.41) is 5.51. The molecule has 1 heterocycles. The van der Waals surface area contributed by atoms with Crippen LogP contribution in [0, 0.1) is 6.92 Å². The summed E-state index contributed by atoms with van der Waals surface area (Å²) < 4.78 is 0. The van der Waals surface area contributed by atoms with Gasteiger partial charge in [0, 0.05) is 23.9 Å². The Morgan fingerprint density at radius 3 is 2.39 bits per heavy atom. The summed E-state index contributed by atoms with van der Waals surface area (Å²) in [6, 6.07) is 12.2. The first-order chi connectivity index (χ1) is 11.0. The molecule has 0 saturated carbocycles. The van der Waals surface area contributed by atoms with Gasteiger partial charge in [-0.3, -0.25) is 9.59 Å². The van der Waals surface area contributed by atoms with Crippen molar-refractivity contribution < 1.29 is 9.59 Å². The lowest BCUT2D eigenvalue weighted by Crippen LogP contribution is -2.12. The van der Waals surface area contributed by atoms with Crippen molar-refractivity contribution in [2.24, 2.45) is 0 Å². The highest BCUT2D eigenvalue weighted by atomic mass is 16.2. The normalized spacial score (nSPS) is 10.5. The molecule has 3 rings (SSSR count). The van der Waals surface area contributed by atoms with Crippen molar-refractivity contribution in [3.63, 3.8) is 0 Å². The van der Waals surface area contributed by atoms with E-state index in [-0.39, 0.29) is 11.8 Å². The number of nitrogens with one attached hydrogen (secondary N) is 3. The SMILES string of the molecule is CC(=O)Nc1ccc(C(=O)Nc2ccc3nc(C)[nH]c3c2)cc1. The quantitative estimate of drug-likeness (QED) is 0.695. The van der Waals surface area contributed by atoms with Crippen molar-refractivity contribution in [1.29, 1.82) is 0 Å². The number of rotatable bonds is 3. The van der Waals surface area contributed by atoms with E-state index in [1.54, 1.807) is 24.3 Å². The third-order valence-corrected chi connectivity index (χ3v) is 3.33.